The number of unbranched alkanes of at least 4 members (excludes halogenated alkanes) is 2. The van der Waals surface area contributed by atoms with Crippen LogP contribution in [0.15, 0.2) is 58.5 Å². The maximum absolute atomic E-state index is 13.3. The first kappa shape index (κ1) is 23.0. The Hall–Kier alpha value is -3.13. The van der Waals surface area contributed by atoms with Gasteiger partial charge in [-0.15, -0.1) is 0 Å². The van der Waals surface area contributed by atoms with Crippen LogP contribution < -0.4 is 19.9 Å². The first-order valence-electron chi connectivity index (χ1n) is 11.4. The summed E-state index contributed by atoms with van der Waals surface area (Å²) in [4.78, 5) is 31.0. The lowest BCUT2D eigenvalue weighted by Gasteiger charge is -2.31. The number of fused-ring (bicyclic) bond motifs is 3. The molecule has 1 amide bonds. The third-order valence-electron chi connectivity index (χ3n) is 5.58. The second-order valence-corrected chi connectivity index (χ2v) is 8.94. The SMILES string of the molecule is CCCCCSc1n[n+]2c(c(=O)[nH]1)-c1ccccc1N(C(C)=O)C2c1ccccc1OCC. The van der Waals surface area contributed by atoms with Crippen LogP contribution in [0.25, 0.3) is 11.3 Å². The summed E-state index contributed by atoms with van der Waals surface area (Å²) in [5.74, 6) is 1.38. The van der Waals surface area contributed by atoms with E-state index in [1.807, 2.05) is 55.5 Å². The number of thioether (sulfide) groups is 1. The van der Waals surface area contributed by atoms with Crippen LogP contribution in [-0.2, 0) is 4.79 Å². The molecule has 0 saturated heterocycles. The van der Waals surface area contributed by atoms with Crippen molar-refractivity contribution in [3.05, 3.63) is 64.4 Å². The van der Waals surface area contributed by atoms with Gasteiger partial charge in [-0.3, -0.25) is 14.6 Å². The minimum absolute atomic E-state index is 0.142. The average Bonchev–Trinajstić information content (AvgIpc) is 2.81. The summed E-state index contributed by atoms with van der Waals surface area (Å²) < 4.78 is 7.59. The third-order valence-corrected chi connectivity index (χ3v) is 6.53. The van der Waals surface area contributed by atoms with Crippen molar-refractivity contribution in [2.45, 2.75) is 51.4 Å². The molecule has 2 heterocycles. The number of ether oxygens (including phenoxy) is 1. The fraction of sp³-hybridized carbons (Fsp3) is 0.360. The third kappa shape index (κ3) is 4.53. The molecule has 2 aromatic carbocycles. The fourth-order valence-corrected chi connectivity index (χ4v) is 5.01. The summed E-state index contributed by atoms with van der Waals surface area (Å²) in [5.41, 5.74) is 2.33. The lowest BCUT2D eigenvalue weighted by molar-refractivity contribution is -0.763. The van der Waals surface area contributed by atoms with E-state index in [0.29, 0.717) is 34.5 Å². The monoisotopic (exact) mass is 465 g/mol. The van der Waals surface area contributed by atoms with E-state index in [4.69, 9.17) is 9.84 Å². The molecule has 0 saturated carbocycles. The second-order valence-electron chi connectivity index (χ2n) is 7.86. The molecule has 1 aromatic heterocycles. The Kier molecular flexibility index (Phi) is 7.13. The van der Waals surface area contributed by atoms with Gasteiger partial charge in [0.15, 0.2) is 0 Å². The van der Waals surface area contributed by atoms with Gasteiger partial charge in [0.2, 0.25) is 11.1 Å². The molecule has 0 bridgehead atoms. The van der Waals surface area contributed by atoms with Gasteiger partial charge in [-0.25, -0.2) is 4.90 Å². The molecule has 1 aliphatic rings. The summed E-state index contributed by atoms with van der Waals surface area (Å²) >= 11 is 1.53. The number of hydrogen-bond donors (Lipinski definition) is 1. The number of anilines is 1. The summed E-state index contributed by atoms with van der Waals surface area (Å²) in [7, 11) is 0. The standard InChI is InChI=1S/C25H28N4O3S/c1-4-6-11-16-33-25-26-23(31)22-18-12-7-9-14-20(18)28(17(3)30)24(29(22)27-25)19-13-8-10-15-21(19)32-5-2/h7-10,12-15,24H,4-6,11,16H2,1-3H3/p+1. The van der Waals surface area contributed by atoms with Gasteiger partial charge < -0.3 is 4.74 Å². The number of carbonyl (C=O) groups excluding carboxylic acids is 1. The number of amides is 1. The minimum atomic E-state index is -0.646. The highest BCUT2D eigenvalue weighted by Gasteiger charge is 2.46. The fourth-order valence-electron chi connectivity index (χ4n) is 4.16. The number of nitrogens with zero attached hydrogens (tertiary/aromatic N) is 3. The zero-order valence-electron chi connectivity index (χ0n) is 19.2. The van der Waals surface area contributed by atoms with Crippen LogP contribution >= 0.6 is 11.8 Å². The number of hydrogen-bond acceptors (Lipinski definition) is 5. The molecule has 0 aliphatic carbocycles. The highest BCUT2D eigenvalue weighted by Crippen LogP contribution is 2.39. The number of rotatable bonds is 8. The molecule has 0 spiro atoms. The minimum Gasteiger partial charge on any atom is -0.493 e. The van der Waals surface area contributed by atoms with E-state index < -0.39 is 6.17 Å². The first-order chi connectivity index (χ1) is 16.1. The van der Waals surface area contributed by atoms with E-state index in [0.717, 1.165) is 30.6 Å². The number of carbonyl (C=O) groups is 1. The maximum Gasteiger partial charge on any atom is 0.325 e. The Morgan fingerprint density at radius 1 is 1.15 bits per heavy atom. The molecule has 33 heavy (non-hydrogen) atoms. The maximum atomic E-state index is 13.3. The van der Waals surface area contributed by atoms with Crippen LogP contribution in [0.3, 0.4) is 0 Å². The lowest BCUT2D eigenvalue weighted by Crippen LogP contribution is -2.60. The largest absolute Gasteiger partial charge is 0.493 e. The van der Waals surface area contributed by atoms with Crippen LogP contribution in [0.2, 0.25) is 0 Å². The van der Waals surface area contributed by atoms with Crippen molar-refractivity contribution in [3.8, 4) is 17.0 Å². The molecule has 1 aliphatic heterocycles. The molecule has 3 aromatic rings. The van der Waals surface area contributed by atoms with Crippen LogP contribution in [0.1, 0.15) is 51.8 Å². The molecule has 172 valence electrons. The number of nitrogens with one attached hydrogen (secondary N) is 1. The topological polar surface area (TPSA) is 79.2 Å². The number of benzene rings is 2. The predicted octanol–water partition coefficient (Wildman–Crippen LogP) is 4.32. The van der Waals surface area contributed by atoms with Gasteiger partial charge in [-0.2, -0.15) is 0 Å². The molecule has 0 fully saturated rings. The van der Waals surface area contributed by atoms with Crippen molar-refractivity contribution < 1.29 is 14.2 Å². The Labute approximate surface area is 197 Å². The molecule has 7 nitrogen and oxygen atoms in total. The Bertz CT molecular complexity index is 1210. The molecule has 1 N–H and O–H groups in total. The van der Waals surface area contributed by atoms with Gasteiger partial charge in [0.05, 0.1) is 23.4 Å². The highest BCUT2D eigenvalue weighted by atomic mass is 32.2. The highest BCUT2D eigenvalue weighted by molar-refractivity contribution is 7.99. The van der Waals surface area contributed by atoms with E-state index >= 15 is 0 Å². The van der Waals surface area contributed by atoms with Crippen molar-refractivity contribution in [1.82, 2.24) is 10.1 Å². The Balaban J connectivity index is 1.94. The quantitative estimate of drug-likeness (QED) is 0.305. The van der Waals surface area contributed by atoms with Gasteiger partial charge in [0.1, 0.15) is 5.75 Å². The van der Waals surface area contributed by atoms with E-state index in [1.54, 1.807) is 9.58 Å². The molecular formula is C25H29N4O3S+. The average molecular weight is 466 g/mol. The number of H-pyrrole nitrogens is 1. The van der Waals surface area contributed by atoms with Gasteiger partial charge >= 0.3 is 11.3 Å². The van der Waals surface area contributed by atoms with Crippen LogP contribution in [0, 0.1) is 0 Å². The van der Waals surface area contributed by atoms with Crippen molar-refractivity contribution in [2.24, 2.45) is 0 Å². The van der Waals surface area contributed by atoms with Crippen molar-refractivity contribution in [2.75, 3.05) is 17.3 Å². The van der Waals surface area contributed by atoms with Crippen molar-refractivity contribution in [1.29, 1.82) is 0 Å². The van der Waals surface area contributed by atoms with Crippen LogP contribution in [-0.4, -0.2) is 28.3 Å². The summed E-state index contributed by atoms with van der Waals surface area (Å²) in [5, 5.41) is 5.38. The van der Waals surface area contributed by atoms with Crippen molar-refractivity contribution in [3.63, 3.8) is 0 Å². The summed E-state index contributed by atoms with van der Waals surface area (Å²) in [6.07, 6.45) is 2.66. The van der Waals surface area contributed by atoms with Gasteiger partial charge in [0.25, 0.3) is 6.17 Å². The smallest absolute Gasteiger partial charge is 0.325 e. The molecular weight excluding hydrogens is 436 g/mol. The lowest BCUT2D eigenvalue weighted by atomic mass is 10.0. The van der Waals surface area contributed by atoms with Gasteiger partial charge in [0, 0.05) is 17.8 Å². The van der Waals surface area contributed by atoms with Crippen LogP contribution in [0.4, 0.5) is 5.69 Å². The zero-order chi connectivity index (χ0) is 23.4. The Morgan fingerprint density at radius 2 is 1.91 bits per heavy atom. The van der Waals surface area contributed by atoms with E-state index in [1.165, 1.54) is 18.7 Å². The van der Waals surface area contributed by atoms with E-state index in [9.17, 15) is 9.59 Å². The van der Waals surface area contributed by atoms with E-state index in [2.05, 4.69) is 11.9 Å². The number of aromatic amines is 1. The molecule has 4 rings (SSSR count). The predicted molar refractivity (Wildman–Crippen MR) is 130 cm³/mol. The zero-order valence-corrected chi connectivity index (χ0v) is 20.0. The van der Waals surface area contributed by atoms with Crippen molar-refractivity contribution >= 4 is 23.4 Å². The molecule has 1 unspecified atom stereocenters. The molecule has 1 atom stereocenters. The Morgan fingerprint density at radius 3 is 2.67 bits per heavy atom. The second kappa shape index (κ2) is 10.2. The number of aromatic nitrogens is 3. The van der Waals surface area contributed by atoms with E-state index in [-0.39, 0.29) is 11.5 Å². The molecule has 0 radical (unpaired) electrons. The molecule has 8 heteroatoms. The first-order valence-corrected chi connectivity index (χ1v) is 12.3. The van der Waals surface area contributed by atoms with Gasteiger partial charge in [-0.05, 0) is 42.3 Å². The van der Waals surface area contributed by atoms with Gasteiger partial charge in [-0.1, -0.05) is 55.8 Å². The number of para-hydroxylation sites is 2. The normalized spacial score (nSPS) is 14.5. The summed E-state index contributed by atoms with van der Waals surface area (Å²) in [6.45, 7) is 6.10. The van der Waals surface area contributed by atoms with Crippen LogP contribution in [0.5, 0.6) is 5.75 Å². The summed E-state index contributed by atoms with van der Waals surface area (Å²) in [6, 6.07) is 15.1.